The molecule has 0 spiro atoms. The Labute approximate surface area is 127 Å². The fourth-order valence-electron chi connectivity index (χ4n) is 2.04. The Kier molecular flexibility index (Phi) is 3.79. The summed E-state index contributed by atoms with van der Waals surface area (Å²) in [5.41, 5.74) is 3.10. The van der Waals surface area contributed by atoms with Crippen molar-refractivity contribution >= 4 is 22.9 Å². The van der Waals surface area contributed by atoms with E-state index < -0.39 is 0 Å². The molecule has 0 fully saturated rings. The van der Waals surface area contributed by atoms with Crippen molar-refractivity contribution in [3.05, 3.63) is 71.4 Å². The summed E-state index contributed by atoms with van der Waals surface area (Å²) in [5, 5.41) is 2.87. The van der Waals surface area contributed by atoms with Gasteiger partial charge in [-0.05, 0) is 36.8 Å². The fraction of sp³-hybridized carbons (Fsp3) is 0.0588. The summed E-state index contributed by atoms with van der Waals surface area (Å²) in [6, 6.07) is 15.7. The Morgan fingerprint density at radius 3 is 2.67 bits per heavy atom. The molecule has 2 aromatic heterocycles. The molecule has 0 aliphatic rings. The van der Waals surface area contributed by atoms with E-state index in [4.69, 9.17) is 0 Å². The number of thiophene rings is 1. The van der Waals surface area contributed by atoms with Gasteiger partial charge in [-0.2, -0.15) is 0 Å². The fourth-order valence-corrected chi connectivity index (χ4v) is 2.94. The number of rotatable bonds is 3. The molecular formula is C17H14N2OS. The predicted molar refractivity (Wildman–Crippen MR) is 86.7 cm³/mol. The van der Waals surface area contributed by atoms with Crippen LogP contribution in [0.3, 0.4) is 0 Å². The van der Waals surface area contributed by atoms with E-state index in [1.165, 1.54) is 16.9 Å². The van der Waals surface area contributed by atoms with Crippen LogP contribution in [-0.2, 0) is 0 Å². The molecule has 0 atom stereocenters. The quantitative estimate of drug-likeness (QED) is 0.779. The normalized spacial score (nSPS) is 10.3. The van der Waals surface area contributed by atoms with Gasteiger partial charge in [0.25, 0.3) is 5.91 Å². The third-order valence-electron chi connectivity index (χ3n) is 3.07. The first-order valence-electron chi connectivity index (χ1n) is 6.60. The minimum atomic E-state index is -0.0925. The van der Waals surface area contributed by atoms with Crippen LogP contribution >= 0.6 is 11.3 Å². The molecule has 0 unspecified atom stereocenters. The smallest absolute Gasteiger partial charge is 0.265 e. The van der Waals surface area contributed by atoms with Crippen molar-refractivity contribution in [2.24, 2.45) is 0 Å². The zero-order valence-corrected chi connectivity index (χ0v) is 12.4. The van der Waals surface area contributed by atoms with Gasteiger partial charge in [0.15, 0.2) is 0 Å². The van der Waals surface area contributed by atoms with E-state index in [1.807, 2.05) is 18.2 Å². The molecule has 0 radical (unpaired) electrons. The van der Waals surface area contributed by atoms with Gasteiger partial charge in [-0.1, -0.05) is 29.8 Å². The highest BCUT2D eigenvalue weighted by molar-refractivity contribution is 7.17. The lowest BCUT2D eigenvalue weighted by Gasteiger charge is -2.02. The van der Waals surface area contributed by atoms with Gasteiger partial charge < -0.3 is 5.32 Å². The molecule has 0 saturated heterocycles. The number of pyridine rings is 1. The summed E-state index contributed by atoms with van der Waals surface area (Å²) < 4.78 is 0. The molecule has 2 heterocycles. The number of carbonyl (C=O) groups is 1. The van der Waals surface area contributed by atoms with Gasteiger partial charge in [0, 0.05) is 23.0 Å². The van der Waals surface area contributed by atoms with Gasteiger partial charge in [0.1, 0.15) is 0 Å². The van der Waals surface area contributed by atoms with E-state index in [-0.39, 0.29) is 5.91 Å². The molecule has 104 valence electrons. The Hall–Kier alpha value is -2.46. The third kappa shape index (κ3) is 3.17. The lowest BCUT2D eigenvalue weighted by atomic mass is 10.1. The van der Waals surface area contributed by atoms with Gasteiger partial charge in [0.2, 0.25) is 0 Å². The number of aromatic nitrogens is 1. The lowest BCUT2D eigenvalue weighted by Crippen LogP contribution is -2.09. The van der Waals surface area contributed by atoms with Crippen molar-refractivity contribution in [2.45, 2.75) is 6.92 Å². The van der Waals surface area contributed by atoms with Crippen molar-refractivity contribution < 1.29 is 4.79 Å². The van der Waals surface area contributed by atoms with Crippen molar-refractivity contribution in [2.75, 3.05) is 5.32 Å². The first-order chi connectivity index (χ1) is 10.2. The monoisotopic (exact) mass is 294 g/mol. The number of amides is 1. The Balaban J connectivity index is 1.80. The number of hydrogen-bond donors (Lipinski definition) is 1. The van der Waals surface area contributed by atoms with Crippen molar-refractivity contribution in [1.82, 2.24) is 4.98 Å². The number of benzene rings is 1. The molecule has 1 N–H and O–H groups in total. The number of carbonyl (C=O) groups excluding carboxylic acids is 1. The predicted octanol–water partition coefficient (Wildman–Crippen LogP) is 4.37. The maximum atomic E-state index is 12.2. The molecule has 0 aliphatic carbocycles. The van der Waals surface area contributed by atoms with Crippen LogP contribution in [0.15, 0.2) is 60.9 Å². The number of anilines is 1. The molecule has 3 aromatic rings. The standard InChI is InChI=1S/C17H14N2OS/c1-12-3-2-4-13(11-12)15-5-6-16(21-15)17(20)19-14-7-9-18-10-8-14/h2-11H,1H3,(H,18,19,20). The maximum absolute atomic E-state index is 12.2. The van der Waals surface area contributed by atoms with Gasteiger partial charge in [-0.25, -0.2) is 0 Å². The van der Waals surface area contributed by atoms with E-state index >= 15 is 0 Å². The highest BCUT2D eigenvalue weighted by atomic mass is 32.1. The molecule has 0 saturated carbocycles. The van der Waals surface area contributed by atoms with Gasteiger partial charge >= 0.3 is 0 Å². The van der Waals surface area contributed by atoms with Crippen LogP contribution in [0.4, 0.5) is 5.69 Å². The molecule has 3 nitrogen and oxygen atoms in total. The Morgan fingerprint density at radius 1 is 1.10 bits per heavy atom. The lowest BCUT2D eigenvalue weighted by molar-refractivity contribution is 0.103. The van der Waals surface area contributed by atoms with Crippen LogP contribution in [0.5, 0.6) is 0 Å². The largest absolute Gasteiger partial charge is 0.321 e. The Morgan fingerprint density at radius 2 is 1.90 bits per heavy atom. The zero-order chi connectivity index (χ0) is 14.7. The second-order valence-corrected chi connectivity index (χ2v) is 5.81. The van der Waals surface area contributed by atoms with E-state index in [9.17, 15) is 4.79 Å². The average molecular weight is 294 g/mol. The summed E-state index contributed by atoms with van der Waals surface area (Å²) in [6.07, 6.45) is 3.31. The first-order valence-corrected chi connectivity index (χ1v) is 7.42. The zero-order valence-electron chi connectivity index (χ0n) is 11.5. The second kappa shape index (κ2) is 5.89. The number of aryl methyl sites for hydroxylation is 1. The first kappa shape index (κ1) is 13.5. The van der Waals surface area contributed by atoms with Crippen LogP contribution in [0.25, 0.3) is 10.4 Å². The molecule has 0 bridgehead atoms. The molecule has 21 heavy (non-hydrogen) atoms. The molecule has 1 aromatic carbocycles. The van der Waals surface area contributed by atoms with Crippen LogP contribution in [0.1, 0.15) is 15.2 Å². The van der Waals surface area contributed by atoms with E-state index in [0.717, 1.165) is 16.1 Å². The van der Waals surface area contributed by atoms with Crippen LogP contribution < -0.4 is 5.32 Å². The van der Waals surface area contributed by atoms with E-state index in [0.29, 0.717) is 4.88 Å². The summed E-state index contributed by atoms with van der Waals surface area (Å²) in [4.78, 5) is 17.9. The molecule has 3 rings (SSSR count). The van der Waals surface area contributed by atoms with Crippen molar-refractivity contribution in [3.8, 4) is 10.4 Å². The minimum absolute atomic E-state index is 0.0925. The molecule has 0 aliphatic heterocycles. The van der Waals surface area contributed by atoms with Crippen molar-refractivity contribution in [3.63, 3.8) is 0 Å². The number of nitrogens with one attached hydrogen (secondary N) is 1. The van der Waals surface area contributed by atoms with E-state index in [2.05, 4.69) is 35.4 Å². The highest BCUT2D eigenvalue weighted by Gasteiger charge is 2.10. The van der Waals surface area contributed by atoms with E-state index in [1.54, 1.807) is 24.5 Å². The van der Waals surface area contributed by atoms with Crippen LogP contribution in [0, 0.1) is 6.92 Å². The summed E-state index contributed by atoms with van der Waals surface area (Å²) >= 11 is 1.49. The summed E-state index contributed by atoms with van der Waals surface area (Å²) in [7, 11) is 0. The molecule has 4 heteroatoms. The SMILES string of the molecule is Cc1cccc(-c2ccc(C(=O)Nc3ccncc3)s2)c1. The second-order valence-electron chi connectivity index (χ2n) is 4.72. The van der Waals surface area contributed by atoms with Gasteiger partial charge in [0.05, 0.1) is 4.88 Å². The molecular weight excluding hydrogens is 280 g/mol. The Bertz CT molecular complexity index is 765. The van der Waals surface area contributed by atoms with Crippen LogP contribution in [-0.4, -0.2) is 10.9 Å². The number of hydrogen-bond acceptors (Lipinski definition) is 3. The average Bonchev–Trinajstić information content (AvgIpc) is 2.98. The van der Waals surface area contributed by atoms with Crippen molar-refractivity contribution in [1.29, 1.82) is 0 Å². The topological polar surface area (TPSA) is 42.0 Å². The maximum Gasteiger partial charge on any atom is 0.265 e. The highest BCUT2D eigenvalue weighted by Crippen LogP contribution is 2.29. The molecule has 1 amide bonds. The third-order valence-corrected chi connectivity index (χ3v) is 4.20. The summed E-state index contributed by atoms with van der Waals surface area (Å²) in [5.74, 6) is -0.0925. The van der Waals surface area contributed by atoms with Gasteiger partial charge in [-0.15, -0.1) is 11.3 Å². The number of nitrogens with zero attached hydrogens (tertiary/aromatic N) is 1. The van der Waals surface area contributed by atoms with Crippen LogP contribution in [0.2, 0.25) is 0 Å². The summed E-state index contributed by atoms with van der Waals surface area (Å²) in [6.45, 7) is 2.06. The minimum Gasteiger partial charge on any atom is -0.321 e. The van der Waals surface area contributed by atoms with Gasteiger partial charge in [-0.3, -0.25) is 9.78 Å².